The molecule has 0 saturated carbocycles. The van der Waals surface area contributed by atoms with Gasteiger partial charge in [0.15, 0.2) is 0 Å². The molecule has 9 aliphatic rings. The molecule has 12 aromatic carbocycles. The zero-order valence-electron chi connectivity index (χ0n) is 66.2. The van der Waals surface area contributed by atoms with E-state index >= 15 is 0 Å². The monoisotopic (exact) mass is 1730 g/mol. The van der Waals surface area contributed by atoms with Crippen LogP contribution in [0.1, 0.15) is 202 Å². The number of carboxylic acids is 8. The third-order valence-electron chi connectivity index (χ3n) is 23.0. The number of aromatic carboxylic acids is 4. The van der Waals surface area contributed by atoms with Gasteiger partial charge in [0, 0.05) is 178 Å². The van der Waals surface area contributed by atoms with Gasteiger partial charge in [0.25, 0.3) is 25.2 Å². The lowest BCUT2D eigenvalue weighted by Gasteiger charge is -2.38. The standard InChI is InChI=1S/C96H64O32/c97-83(98)5-1-67-71-26-41-9-42-27-72-68(2-6-84(99)100)75-37-76-69(3-7-85(101)102)74-36-73(67)81-40-82(74)126-96-50-24-65-35-66(25-50)120-58-17-46(92(111)112)16-57(31-58)118-64-23-49-22-63(34-64)117-55-14-44(90(107)108)11-52(29-55)114-60-19-47-18-59(32-60)113-51-10-43(89(105)106)12-53(28-51)115-61-20-48(21-62(33-61)116-54-13-45(91(109)110)15-56(30-54)119-65)94(124-81)123-79(71)38-77(41)121-93(47)122-78(42)39-80(72)125-95(49)127-87(75)70(88(76)128-96)4-8-86(103)104/h10-40,67-69,93-96H,1-9H2,(H,97,98)(H,99,100)(H,101,102)(H,103,104)(H,105,106)(H,107,108)(H,109,110)(H,111,112). The minimum absolute atomic E-state index is 0.0127. The van der Waals surface area contributed by atoms with Gasteiger partial charge in [-0.15, -0.1) is 0 Å². The van der Waals surface area contributed by atoms with Crippen LogP contribution in [0.5, 0.6) is 138 Å². The molecule has 21 rings (SSSR count). The maximum absolute atomic E-state index is 13.8. The quantitative estimate of drug-likeness (QED) is 0.0445. The van der Waals surface area contributed by atoms with E-state index in [0.717, 1.165) is 0 Å². The fourth-order valence-electron chi connectivity index (χ4n) is 17.6. The zero-order chi connectivity index (χ0) is 87.9. The molecule has 32 nitrogen and oxygen atoms in total. The summed E-state index contributed by atoms with van der Waals surface area (Å²) in [4.78, 5) is 109. The summed E-state index contributed by atoms with van der Waals surface area (Å²) in [5.41, 5.74) is 0.405. The van der Waals surface area contributed by atoms with E-state index in [4.69, 9.17) is 75.8 Å². The summed E-state index contributed by atoms with van der Waals surface area (Å²) in [6, 6.07) is 43.7. The third kappa shape index (κ3) is 15.1. The number of benzene rings is 12. The van der Waals surface area contributed by atoms with Crippen molar-refractivity contribution in [3.8, 4) is 138 Å². The van der Waals surface area contributed by atoms with Crippen LogP contribution in [0.3, 0.4) is 0 Å². The van der Waals surface area contributed by atoms with Crippen molar-refractivity contribution in [2.45, 2.75) is 101 Å². The Bertz CT molecular complexity index is 6780. The van der Waals surface area contributed by atoms with Gasteiger partial charge in [-0.1, -0.05) is 0 Å². The molecule has 0 saturated heterocycles. The highest BCUT2D eigenvalue weighted by Crippen LogP contribution is 2.60. The smallest absolute Gasteiger partial charge is 0.335 e. The van der Waals surface area contributed by atoms with E-state index in [1.165, 1.54) is 152 Å². The maximum atomic E-state index is 13.8. The van der Waals surface area contributed by atoms with Crippen molar-refractivity contribution in [1.29, 1.82) is 0 Å². The van der Waals surface area contributed by atoms with Crippen LogP contribution in [-0.4, -0.2) is 88.6 Å². The normalized spacial score (nSPS) is 17.9. The van der Waals surface area contributed by atoms with E-state index in [-0.39, 0.29) is 225 Å². The van der Waals surface area contributed by atoms with Crippen LogP contribution in [0.15, 0.2) is 188 Å². The van der Waals surface area contributed by atoms with Crippen LogP contribution in [0.2, 0.25) is 0 Å². The van der Waals surface area contributed by atoms with Gasteiger partial charge >= 0.3 is 47.8 Å². The van der Waals surface area contributed by atoms with Crippen molar-refractivity contribution in [3.63, 3.8) is 0 Å². The number of hydrogen-bond donors (Lipinski definition) is 8. The van der Waals surface area contributed by atoms with E-state index in [1.807, 2.05) is 0 Å². The Kier molecular flexibility index (Phi) is 18.8. The number of aliphatic carboxylic acids is 4. The topological polar surface area (TPSA) is 446 Å². The van der Waals surface area contributed by atoms with Crippen LogP contribution in [0.25, 0.3) is 0 Å². The van der Waals surface area contributed by atoms with Gasteiger partial charge in [-0.3, -0.25) is 19.2 Å². The first-order valence-electron chi connectivity index (χ1n) is 40.2. The van der Waals surface area contributed by atoms with Crippen molar-refractivity contribution in [1.82, 2.24) is 0 Å². The number of carboxylic acid groups (broad SMARTS) is 8. The van der Waals surface area contributed by atoms with Crippen LogP contribution < -0.4 is 75.8 Å². The highest BCUT2D eigenvalue weighted by atomic mass is 16.7. The van der Waals surface area contributed by atoms with Crippen LogP contribution >= 0.6 is 0 Å². The van der Waals surface area contributed by atoms with Crippen LogP contribution in [0.4, 0.5) is 0 Å². The lowest BCUT2D eigenvalue weighted by Crippen LogP contribution is -2.27. The predicted octanol–water partition coefficient (Wildman–Crippen LogP) is 19.9. The Morgan fingerprint density at radius 1 is 0.234 bits per heavy atom. The number of hydrogen-bond acceptors (Lipinski definition) is 24. The molecule has 640 valence electrons. The van der Waals surface area contributed by atoms with Crippen molar-refractivity contribution < 1.29 is 155 Å². The van der Waals surface area contributed by atoms with Crippen LogP contribution in [0, 0.1) is 0 Å². The Morgan fingerprint density at radius 2 is 0.453 bits per heavy atom. The summed E-state index contributed by atoms with van der Waals surface area (Å²) in [7, 11) is 0. The summed E-state index contributed by atoms with van der Waals surface area (Å²) < 4.78 is 114. The summed E-state index contributed by atoms with van der Waals surface area (Å²) in [5, 5.41) is 88.6. The minimum atomic E-state index is -1.92. The van der Waals surface area contributed by atoms with Crippen molar-refractivity contribution in [3.05, 3.63) is 283 Å². The fourth-order valence-corrected chi connectivity index (χ4v) is 17.6. The van der Waals surface area contributed by atoms with E-state index in [9.17, 15) is 79.2 Å². The first kappa shape index (κ1) is 78.5. The molecule has 8 heterocycles. The van der Waals surface area contributed by atoms with E-state index in [2.05, 4.69) is 0 Å². The molecule has 0 spiro atoms. The highest BCUT2D eigenvalue weighted by molar-refractivity contribution is 5.91. The lowest BCUT2D eigenvalue weighted by molar-refractivity contribution is -0.138. The molecule has 7 atom stereocenters. The van der Waals surface area contributed by atoms with E-state index in [1.54, 1.807) is 36.4 Å². The summed E-state index contributed by atoms with van der Waals surface area (Å²) in [6.45, 7) is 0. The second-order valence-electron chi connectivity index (χ2n) is 31.7. The number of rotatable bonds is 16. The minimum Gasteiger partial charge on any atom is -0.481 e. The molecule has 0 radical (unpaired) electrons. The van der Waals surface area contributed by atoms with Crippen molar-refractivity contribution in [2.24, 2.45) is 0 Å². The second kappa shape index (κ2) is 30.6. The second-order valence-corrected chi connectivity index (χ2v) is 31.7. The average molecular weight is 1730 g/mol. The molecule has 0 amide bonds. The molecular formula is C96H64O32. The first-order valence-corrected chi connectivity index (χ1v) is 40.2. The van der Waals surface area contributed by atoms with Gasteiger partial charge in [-0.25, -0.2) is 19.2 Å². The summed E-state index contributed by atoms with van der Waals surface area (Å²) >= 11 is 0. The first-order chi connectivity index (χ1) is 61.7. The van der Waals surface area contributed by atoms with Gasteiger partial charge in [-0.05, 0) is 158 Å². The molecule has 128 heavy (non-hydrogen) atoms. The van der Waals surface area contributed by atoms with Crippen LogP contribution in [-0.2, 0) is 32.0 Å². The number of ether oxygens (including phenoxy) is 16. The third-order valence-corrected chi connectivity index (χ3v) is 23.0. The summed E-state index contributed by atoms with van der Waals surface area (Å²) in [6.07, 6.45) is -11.3. The Morgan fingerprint density at radius 3 is 0.711 bits per heavy atom. The van der Waals surface area contributed by atoms with Gasteiger partial charge in [0.1, 0.15) is 138 Å². The number of fused-ring (bicyclic) bond motifs is 16. The molecule has 7 unspecified atom stereocenters. The zero-order valence-corrected chi connectivity index (χ0v) is 66.2. The Balaban J connectivity index is 0.982. The van der Waals surface area contributed by atoms with Gasteiger partial charge in [-0.2, -0.15) is 0 Å². The fraction of sp³-hybridized carbons (Fsp3) is 0.167. The SMILES string of the molecule is O=C(O)CCc1c2c3cc4c1OC1Oc5cc6c(cc5C4CCC(=O)O)C(CCC(=O)O)c4cc5c7cc4OC(O6)c4cc6cc(c4)Oc4cc(cc(C(=O)O)c4)Oc4cc(cc1c4)Oc1cc(cc(C(=O)O)c1)Oc1cc4cc(c1)C(Oc1cc(c(cc1C3CCC(=O)O)C5)OC(O7)c1cc(cc(c1)Oc1cc(cc(C(=O)O)c1)O4)Oc1cc(cc(C(=O)O)c1)O6)O2. The van der Waals surface area contributed by atoms with Crippen molar-refractivity contribution >= 4 is 47.8 Å². The molecule has 8 aliphatic heterocycles. The molecule has 8 N–H and O–H groups in total. The van der Waals surface area contributed by atoms with E-state index < -0.39 is 139 Å². The Labute approximate surface area is 720 Å². The maximum Gasteiger partial charge on any atom is 0.335 e. The van der Waals surface area contributed by atoms with Gasteiger partial charge in [0.05, 0.1) is 22.3 Å². The Hall–Kier alpha value is -16.8. The van der Waals surface area contributed by atoms with Gasteiger partial charge < -0.3 is 117 Å². The molecule has 0 aromatic heterocycles. The number of carbonyl (C=O) groups is 8. The molecule has 12 aromatic rings. The largest absolute Gasteiger partial charge is 0.481 e. The predicted molar refractivity (Wildman–Crippen MR) is 437 cm³/mol. The molecule has 1 aliphatic carbocycles. The molecule has 40 bridgehead atoms. The molecule has 0 fully saturated rings. The highest BCUT2D eigenvalue weighted by Gasteiger charge is 2.44. The molecular weight excluding hydrogens is 1670 g/mol. The summed E-state index contributed by atoms with van der Waals surface area (Å²) in [5.74, 6) is -18.0. The average Bonchev–Trinajstić information content (AvgIpc) is 0.721. The van der Waals surface area contributed by atoms with Gasteiger partial charge in [0.2, 0.25) is 0 Å². The molecule has 32 heteroatoms. The van der Waals surface area contributed by atoms with Crippen molar-refractivity contribution in [2.75, 3.05) is 0 Å². The van der Waals surface area contributed by atoms with E-state index in [0.29, 0.717) is 16.7 Å². The lowest BCUT2D eigenvalue weighted by atomic mass is 9.76.